The van der Waals surface area contributed by atoms with Gasteiger partial charge in [-0.3, -0.25) is 14.8 Å². The average molecular weight is 391 g/mol. The summed E-state index contributed by atoms with van der Waals surface area (Å²) >= 11 is 5.66. The van der Waals surface area contributed by atoms with Crippen LogP contribution in [-0.2, 0) is 19.9 Å². The molecular weight excluding hydrogens is 380 g/mol. The van der Waals surface area contributed by atoms with E-state index in [0.29, 0.717) is 0 Å². The molecule has 8 nitrogen and oxygen atoms in total. The van der Waals surface area contributed by atoms with Crippen molar-refractivity contribution in [1.29, 1.82) is 0 Å². The van der Waals surface area contributed by atoms with E-state index in [-0.39, 0.29) is 20.5 Å². The Kier molecular flexibility index (Phi) is 4.83. The fraction of sp³-hybridized carbons (Fsp3) is 0.0769. The Morgan fingerprint density at radius 2 is 1.54 bits per heavy atom. The summed E-state index contributed by atoms with van der Waals surface area (Å²) in [5.74, 6) is 0. The SMILES string of the molecule is CS(=O)(=O)c1ccc(S(=O)(=O)Nc2ccc(Cl)c([N+](=O)[O-])c2)cc1. The number of nitro benzene ring substituents is 1. The zero-order valence-corrected chi connectivity index (χ0v) is 14.5. The van der Waals surface area contributed by atoms with Gasteiger partial charge >= 0.3 is 0 Å². The van der Waals surface area contributed by atoms with Gasteiger partial charge in [-0.15, -0.1) is 0 Å². The number of nitrogens with zero attached hydrogens (tertiary/aromatic N) is 1. The number of sulfone groups is 1. The van der Waals surface area contributed by atoms with Crippen LogP contribution in [0.25, 0.3) is 0 Å². The topological polar surface area (TPSA) is 123 Å². The first-order valence-corrected chi connectivity index (χ1v) is 10.0. The van der Waals surface area contributed by atoms with Gasteiger partial charge in [-0.2, -0.15) is 0 Å². The minimum Gasteiger partial charge on any atom is -0.279 e. The van der Waals surface area contributed by atoms with Gasteiger partial charge in [0.15, 0.2) is 9.84 Å². The Balaban J connectivity index is 2.35. The van der Waals surface area contributed by atoms with Crippen LogP contribution in [0.4, 0.5) is 11.4 Å². The Morgan fingerprint density at radius 3 is 2.04 bits per heavy atom. The quantitative estimate of drug-likeness (QED) is 0.617. The predicted molar refractivity (Wildman–Crippen MR) is 88.5 cm³/mol. The molecule has 2 aromatic carbocycles. The number of anilines is 1. The van der Waals surface area contributed by atoms with Crippen LogP contribution in [0.1, 0.15) is 0 Å². The molecule has 0 amide bonds. The summed E-state index contributed by atoms with van der Waals surface area (Å²) in [6.45, 7) is 0. The molecule has 0 aliphatic heterocycles. The normalized spacial score (nSPS) is 11.9. The molecule has 1 N–H and O–H groups in total. The maximum absolute atomic E-state index is 12.3. The lowest BCUT2D eigenvalue weighted by atomic mass is 10.3. The zero-order valence-electron chi connectivity index (χ0n) is 12.1. The molecule has 11 heteroatoms. The molecular formula is C13H11ClN2O6S2. The van der Waals surface area contributed by atoms with E-state index in [1.54, 1.807) is 0 Å². The molecule has 0 aliphatic rings. The van der Waals surface area contributed by atoms with Gasteiger partial charge in [0.2, 0.25) is 0 Å². The van der Waals surface area contributed by atoms with Crippen molar-refractivity contribution >= 4 is 42.8 Å². The monoisotopic (exact) mass is 390 g/mol. The van der Waals surface area contributed by atoms with E-state index in [9.17, 15) is 26.9 Å². The largest absolute Gasteiger partial charge is 0.289 e. The molecule has 0 spiro atoms. The maximum atomic E-state index is 12.3. The molecule has 2 rings (SSSR count). The summed E-state index contributed by atoms with van der Waals surface area (Å²) in [7, 11) is -7.49. The first-order valence-electron chi connectivity index (χ1n) is 6.27. The minimum absolute atomic E-state index is 0.0245. The van der Waals surface area contributed by atoms with Gasteiger partial charge in [-0.1, -0.05) is 11.6 Å². The second kappa shape index (κ2) is 6.38. The van der Waals surface area contributed by atoms with Crippen molar-refractivity contribution in [3.05, 3.63) is 57.6 Å². The third-order valence-electron chi connectivity index (χ3n) is 2.96. The van der Waals surface area contributed by atoms with Crippen LogP contribution in [0.3, 0.4) is 0 Å². The third-order valence-corrected chi connectivity index (χ3v) is 5.80. The number of nitro groups is 1. The van der Waals surface area contributed by atoms with E-state index in [2.05, 4.69) is 4.72 Å². The number of nitrogens with one attached hydrogen (secondary N) is 1. The summed E-state index contributed by atoms with van der Waals surface area (Å²) in [4.78, 5) is 9.88. The highest BCUT2D eigenvalue weighted by Gasteiger charge is 2.19. The van der Waals surface area contributed by atoms with E-state index in [1.165, 1.54) is 12.1 Å². The predicted octanol–water partition coefficient (Wildman–Crippen LogP) is 2.45. The second-order valence-electron chi connectivity index (χ2n) is 4.77. The highest BCUT2D eigenvalue weighted by Crippen LogP contribution is 2.28. The zero-order chi connectivity index (χ0) is 18.1. The van der Waals surface area contributed by atoms with Gasteiger partial charge < -0.3 is 0 Å². The lowest BCUT2D eigenvalue weighted by molar-refractivity contribution is -0.384. The van der Waals surface area contributed by atoms with Gasteiger partial charge in [0.1, 0.15) is 5.02 Å². The number of hydrogen-bond acceptors (Lipinski definition) is 6. The average Bonchev–Trinajstić information content (AvgIpc) is 2.48. The Bertz CT molecular complexity index is 1000. The molecule has 2 aromatic rings. The van der Waals surface area contributed by atoms with Crippen LogP contribution in [0.2, 0.25) is 5.02 Å². The molecule has 24 heavy (non-hydrogen) atoms. The molecule has 0 radical (unpaired) electrons. The second-order valence-corrected chi connectivity index (χ2v) is 8.88. The Labute approximate surface area is 143 Å². The minimum atomic E-state index is -4.04. The number of hydrogen-bond donors (Lipinski definition) is 1. The first kappa shape index (κ1) is 18.2. The van der Waals surface area contributed by atoms with E-state index < -0.39 is 30.5 Å². The number of rotatable bonds is 5. The molecule has 0 bridgehead atoms. The highest BCUT2D eigenvalue weighted by atomic mass is 35.5. The fourth-order valence-corrected chi connectivity index (χ4v) is 3.66. The lowest BCUT2D eigenvalue weighted by Crippen LogP contribution is -2.13. The molecule has 0 heterocycles. The molecule has 0 fully saturated rings. The summed E-state index contributed by atoms with van der Waals surface area (Å²) in [5, 5.41) is 10.7. The lowest BCUT2D eigenvalue weighted by Gasteiger charge is -2.09. The number of benzene rings is 2. The molecule has 0 saturated heterocycles. The van der Waals surface area contributed by atoms with E-state index in [0.717, 1.165) is 36.6 Å². The molecule has 0 aliphatic carbocycles. The van der Waals surface area contributed by atoms with Crippen molar-refractivity contribution in [1.82, 2.24) is 0 Å². The molecule has 0 saturated carbocycles. The van der Waals surface area contributed by atoms with Crippen LogP contribution in [0.5, 0.6) is 0 Å². The van der Waals surface area contributed by atoms with Crippen molar-refractivity contribution in [3.63, 3.8) is 0 Å². The summed E-state index contributed by atoms with van der Waals surface area (Å²) in [6, 6.07) is 8.04. The van der Waals surface area contributed by atoms with Crippen molar-refractivity contribution in [2.75, 3.05) is 11.0 Å². The molecule has 0 aromatic heterocycles. The summed E-state index contributed by atoms with van der Waals surface area (Å²) < 4.78 is 49.5. The van der Waals surface area contributed by atoms with E-state index in [4.69, 9.17) is 11.6 Å². The standard InChI is InChI=1S/C13H11ClN2O6S2/c1-23(19,20)10-3-5-11(6-4-10)24(21,22)15-9-2-7-12(14)13(8-9)16(17)18/h2-8,15H,1H3. The smallest absolute Gasteiger partial charge is 0.279 e. The van der Waals surface area contributed by atoms with Crippen molar-refractivity contribution in [2.24, 2.45) is 0 Å². The molecule has 0 unspecified atom stereocenters. The van der Waals surface area contributed by atoms with Crippen molar-refractivity contribution in [3.8, 4) is 0 Å². The first-order chi connectivity index (χ1) is 11.0. The van der Waals surface area contributed by atoms with Gasteiger partial charge in [0, 0.05) is 12.3 Å². The summed E-state index contributed by atoms with van der Waals surface area (Å²) in [6.07, 6.45) is 1.00. The van der Waals surface area contributed by atoms with Crippen LogP contribution < -0.4 is 4.72 Å². The van der Waals surface area contributed by atoms with Crippen LogP contribution in [0, 0.1) is 10.1 Å². The van der Waals surface area contributed by atoms with E-state index >= 15 is 0 Å². The van der Waals surface area contributed by atoms with Crippen LogP contribution in [0.15, 0.2) is 52.3 Å². The summed E-state index contributed by atoms with van der Waals surface area (Å²) in [5.41, 5.74) is -0.484. The Morgan fingerprint density at radius 1 is 1.00 bits per heavy atom. The van der Waals surface area contributed by atoms with Crippen LogP contribution >= 0.6 is 11.6 Å². The third kappa shape index (κ3) is 4.02. The number of halogens is 1. The van der Waals surface area contributed by atoms with E-state index in [1.807, 2.05) is 0 Å². The van der Waals surface area contributed by atoms with Crippen molar-refractivity contribution < 1.29 is 21.8 Å². The van der Waals surface area contributed by atoms with Gasteiger partial charge in [-0.05, 0) is 36.4 Å². The molecule has 128 valence electrons. The van der Waals surface area contributed by atoms with Gasteiger partial charge in [-0.25, -0.2) is 16.8 Å². The molecule has 0 atom stereocenters. The van der Waals surface area contributed by atoms with Crippen molar-refractivity contribution in [2.45, 2.75) is 9.79 Å². The van der Waals surface area contributed by atoms with Crippen LogP contribution in [-0.4, -0.2) is 28.0 Å². The van der Waals surface area contributed by atoms with Gasteiger partial charge in [0.25, 0.3) is 15.7 Å². The fourth-order valence-electron chi connectivity index (χ4n) is 1.80. The highest BCUT2D eigenvalue weighted by molar-refractivity contribution is 7.92. The van der Waals surface area contributed by atoms with Gasteiger partial charge in [0.05, 0.1) is 20.4 Å². The maximum Gasteiger partial charge on any atom is 0.289 e. The Hall–Kier alpha value is -2.17. The number of sulfonamides is 1.